The summed E-state index contributed by atoms with van der Waals surface area (Å²) in [6.45, 7) is 3.86. The summed E-state index contributed by atoms with van der Waals surface area (Å²) in [5.74, 6) is 0.422. The lowest BCUT2D eigenvalue weighted by Gasteiger charge is -2.12. The van der Waals surface area contributed by atoms with Gasteiger partial charge in [-0.25, -0.2) is 0 Å². The fraction of sp³-hybridized carbons (Fsp3) is 0.214. The second kappa shape index (κ2) is 7.13. The van der Waals surface area contributed by atoms with E-state index in [2.05, 4.69) is 37.2 Å². The molecule has 2 rings (SSSR count). The number of rotatable bonds is 4. The molecule has 7 heteroatoms. The van der Waals surface area contributed by atoms with Crippen LogP contribution in [0.3, 0.4) is 0 Å². The van der Waals surface area contributed by atoms with Crippen molar-refractivity contribution in [3.05, 3.63) is 42.4 Å². The topological polar surface area (TPSA) is 38.3 Å². The first kappa shape index (κ1) is 16.8. The number of hydrogen-bond donors (Lipinski definition) is 1. The molecule has 0 atom stereocenters. The van der Waals surface area contributed by atoms with E-state index in [1.54, 1.807) is 24.3 Å². The molecule has 1 aromatic heterocycles. The molecular formula is C14H12Br2ClNO2S. The van der Waals surface area contributed by atoms with Crippen molar-refractivity contribution in [3.63, 3.8) is 0 Å². The second-order valence-electron chi connectivity index (χ2n) is 4.50. The van der Waals surface area contributed by atoms with Crippen LogP contribution in [-0.2, 0) is 0 Å². The molecule has 0 saturated heterocycles. The van der Waals surface area contributed by atoms with E-state index in [0.717, 1.165) is 8.26 Å². The Bertz CT molecular complexity index is 653. The van der Waals surface area contributed by atoms with Crippen molar-refractivity contribution in [2.24, 2.45) is 0 Å². The third kappa shape index (κ3) is 4.45. The normalized spacial score (nSPS) is 10.8. The van der Waals surface area contributed by atoms with Gasteiger partial charge in [0.1, 0.15) is 5.75 Å². The van der Waals surface area contributed by atoms with E-state index >= 15 is 0 Å². The standard InChI is InChI=1S/C14H12Br2ClNO2S/c1-7(2)20-11-4-3-8(5-10(11)17)18-14(19)12-6-9(15)13(16)21-12/h3-7H,1-2H3,(H,18,19). The van der Waals surface area contributed by atoms with Crippen molar-refractivity contribution in [2.75, 3.05) is 5.32 Å². The maximum Gasteiger partial charge on any atom is 0.265 e. The number of ether oxygens (including phenoxy) is 1. The third-order valence-corrected chi connectivity index (χ3v) is 5.97. The van der Waals surface area contributed by atoms with E-state index in [-0.39, 0.29) is 12.0 Å². The molecule has 1 N–H and O–H groups in total. The molecule has 112 valence electrons. The van der Waals surface area contributed by atoms with Crippen LogP contribution in [0.5, 0.6) is 5.75 Å². The van der Waals surface area contributed by atoms with E-state index in [9.17, 15) is 4.79 Å². The molecule has 0 aliphatic heterocycles. The first-order valence-corrected chi connectivity index (χ1v) is 8.87. The Morgan fingerprint density at radius 3 is 2.57 bits per heavy atom. The zero-order valence-electron chi connectivity index (χ0n) is 11.2. The molecule has 0 spiro atoms. The lowest BCUT2D eigenvalue weighted by Crippen LogP contribution is -2.10. The molecule has 3 nitrogen and oxygen atoms in total. The van der Waals surface area contributed by atoms with Gasteiger partial charge in [0, 0.05) is 10.2 Å². The summed E-state index contributed by atoms with van der Waals surface area (Å²) in [4.78, 5) is 12.7. The quantitative estimate of drug-likeness (QED) is 0.620. The number of carbonyl (C=O) groups excluding carboxylic acids is 1. The van der Waals surface area contributed by atoms with Crippen molar-refractivity contribution < 1.29 is 9.53 Å². The molecule has 21 heavy (non-hydrogen) atoms. The van der Waals surface area contributed by atoms with Crippen LogP contribution in [0.15, 0.2) is 32.5 Å². The summed E-state index contributed by atoms with van der Waals surface area (Å²) in [6.07, 6.45) is 0.0451. The number of halogens is 3. The minimum Gasteiger partial charge on any atom is -0.489 e. The predicted molar refractivity (Wildman–Crippen MR) is 94.9 cm³/mol. The Balaban J connectivity index is 2.12. The molecule has 1 amide bonds. The molecule has 0 saturated carbocycles. The number of benzene rings is 1. The summed E-state index contributed by atoms with van der Waals surface area (Å²) < 4.78 is 7.29. The third-order valence-electron chi connectivity index (χ3n) is 2.42. The lowest BCUT2D eigenvalue weighted by molar-refractivity contribution is 0.103. The van der Waals surface area contributed by atoms with E-state index in [1.807, 2.05) is 13.8 Å². The van der Waals surface area contributed by atoms with Crippen LogP contribution in [0.4, 0.5) is 5.69 Å². The molecular weight excluding hydrogens is 441 g/mol. The fourth-order valence-electron chi connectivity index (χ4n) is 1.58. The monoisotopic (exact) mass is 451 g/mol. The predicted octanol–water partition coefficient (Wildman–Crippen LogP) is 5.97. The Hall–Kier alpha value is -0.560. The molecule has 0 bridgehead atoms. The highest BCUT2D eigenvalue weighted by molar-refractivity contribution is 9.13. The molecule has 2 aromatic rings. The first-order chi connectivity index (χ1) is 9.86. The molecule has 0 fully saturated rings. The van der Waals surface area contributed by atoms with Crippen LogP contribution in [0.25, 0.3) is 0 Å². The van der Waals surface area contributed by atoms with Crippen molar-refractivity contribution in [1.29, 1.82) is 0 Å². The number of thiophene rings is 1. The van der Waals surface area contributed by atoms with Crippen molar-refractivity contribution >= 4 is 66.4 Å². The van der Waals surface area contributed by atoms with Gasteiger partial charge >= 0.3 is 0 Å². The first-order valence-electron chi connectivity index (χ1n) is 6.09. The van der Waals surface area contributed by atoms with Crippen LogP contribution < -0.4 is 10.1 Å². The number of nitrogens with one attached hydrogen (secondary N) is 1. The average Bonchev–Trinajstić information content (AvgIpc) is 2.73. The summed E-state index contributed by atoms with van der Waals surface area (Å²) in [7, 11) is 0. The SMILES string of the molecule is CC(C)Oc1ccc(NC(=O)c2cc(Br)c(Br)s2)cc1Cl. The van der Waals surface area contributed by atoms with E-state index in [4.69, 9.17) is 16.3 Å². The highest BCUT2D eigenvalue weighted by Crippen LogP contribution is 2.33. The Kier molecular flexibility index (Phi) is 5.71. The molecule has 0 radical (unpaired) electrons. The molecule has 0 aliphatic carbocycles. The summed E-state index contributed by atoms with van der Waals surface area (Å²) in [5, 5.41) is 3.28. The van der Waals surface area contributed by atoms with Gasteiger partial charge in [-0.05, 0) is 70.0 Å². The largest absolute Gasteiger partial charge is 0.489 e. The Morgan fingerprint density at radius 1 is 1.33 bits per heavy atom. The van der Waals surface area contributed by atoms with Gasteiger partial charge in [-0.1, -0.05) is 11.6 Å². The lowest BCUT2D eigenvalue weighted by atomic mass is 10.3. The highest BCUT2D eigenvalue weighted by atomic mass is 79.9. The maximum atomic E-state index is 12.1. The van der Waals surface area contributed by atoms with Gasteiger partial charge in [-0.15, -0.1) is 11.3 Å². The number of carbonyl (C=O) groups is 1. The Morgan fingerprint density at radius 2 is 2.05 bits per heavy atom. The van der Waals surface area contributed by atoms with Gasteiger partial charge in [-0.2, -0.15) is 0 Å². The molecule has 0 unspecified atom stereocenters. The van der Waals surface area contributed by atoms with Crippen molar-refractivity contribution in [1.82, 2.24) is 0 Å². The van der Waals surface area contributed by atoms with Crippen LogP contribution in [0.1, 0.15) is 23.5 Å². The van der Waals surface area contributed by atoms with Gasteiger partial charge in [0.2, 0.25) is 0 Å². The van der Waals surface area contributed by atoms with Crippen LogP contribution in [0, 0.1) is 0 Å². The van der Waals surface area contributed by atoms with Crippen molar-refractivity contribution in [3.8, 4) is 5.75 Å². The van der Waals surface area contributed by atoms with Gasteiger partial charge < -0.3 is 10.1 Å². The van der Waals surface area contributed by atoms with Crippen LogP contribution in [-0.4, -0.2) is 12.0 Å². The van der Waals surface area contributed by atoms with Gasteiger partial charge in [0.15, 0.2) is 0 Å². The average molecular weight is 454 g/mol. The van der Waals surface area contributed by atoms with Crippen LogP contribution in [0.2, 0.25) is 5.02 Å². The van der Waals surface area contributed by atoms with E-state index in [0.29, 0.717) is 21.3 Å². The zero-order chi connectivity index (χ0) is 15.6. The fourth-order valence-corrected chi connectivity index (χ4v) is 3.74. The van der Waals surface area contributed by atoms with Gasteiger partial charge in [0.25, 0.3) is 5.91 Å². The zero-order valence-corrected chi connectivity index (χ0v) is 16.0. The maximum absolute atomic E-state index is 12.1. The second-order valence-corrected chi connectivity index (χ2v) is 8.13. The van der Waals surface area contributed by atoms with Gasteiger partial charge in [-0.3, -0.25) is 4.79 Å². The minimum atomic E-state index is -0.181. The summed E-state index contributed by atoms with van der Waals surface area (Å²) in [5.41, 5.74) is 0.627. The smallest absolute Gasteiger partial charge is 0.265 e. The summed E-state index contributed by atoms with van der Waals surface area (Å²) in [6, 6.07) is 6.95. The van der Waals surface area contributed by atoms with Gasteiger partial charge in [0.05, 0.1) is 19.8 Å². The number of anilines is 1. The van der Waals surface area contributed by atoms with Crippen molar-refractivity contribution in [2.45, 2.75) is 20.0 Å². The molecule has 1 heterocycles. The molecule has 1 aromatic carbocycles. The number of hydrogen-bond acceptors (Lipinski definition) is 3. The van der Waals surface area contributed by atoms with Crippen LogP contribution >= 0.6 is 54.8 Å². The molecule has 0 aliphatic rings. The highest BCUT2D eigenvalue weighted by Gasteiger charge is 2.13. The summed E-state index contributed by atoms with van der Waals surface area (Å²) >= 11 is 14.2. The Labute approximate surface area is 148 Å². The van der Waals surface area contributed by atoms with E-state index < -0.39 is 0 Å². The van der Waals surface area contributed by atoms with E-state index in [1.165, 1.54) is 11.3 Å². The number of amides is 1. The minimum absolute atomic E-state index is 0.0451.